The van der Waals surface area contributed by atoms with Gasteiger partial charge in [-0.05, 0) is 43.4 Å². The van der Waals surface area contributed by atoms with Gasteiger partial charge in [0.2, 0.25) is 0 Å². The van der Waals surface area contributed by atoms with Crippen molar-refractivity contribution in [3.05, 3.63) is 35.0 Å². The number of nitrogens with zero attached hydrogens (tertiary/aromatic N) is 1. The summed E-state index contributed by atoms with van der Waals surface area (Å²) in [5.41, 5.74) is 7.79. The molecule has 0 saturated heterocycles. The molecule has 2 aromatic rings. The topological polar surface area (TPSA) is 61.3 Å². The number of hydrogen-bond acceptors (Lipinski definition) is 4. The zero-order valence-electron chi connectivity index (χ0n) is 12.0. The van der Waals surface area contributed by atoms with Crippen molar-refractivity contribution in [1.29, 1.82) is 0 Å². The Labute approximate surface area is 129 Å². The Balaban J connectivity index is 1.76. The molecule has 1 fully saturated rings. The van der Waals surface area contributed by atoms with E-state index in [4.69, 9.17) is 26.6 Å². The molecular formula is C16H19ClN2O2. The van der Waals surface area contributed by atoms with Gasteiger partial charge in [-0.3, -0.25) is 0 Å². The molecule has 0 aliphatic heterocycles. The largest absolute Gasteiger partial charge is 0.380 e. The number of ether oxygens (including phenoxy) is 1. The molecule has 1 saturated carbocycles. The Hall–Kier alpha value is -1.52. The monoisotopic (exact) mass is 306 g/mol. The normalized spacial score (nSPS) is 21.2. The van der Waals surface area contributed by atoms with Gasteiger partial charge in [-0.15, -0.1) is 0 Å². The number of nitrogen functional groups attached to an aromatic ring is 1. The van der Waals surface area contributed by atoms with E-state index in [1.165, 1.54) is 0 Å². The second-order valence-corrected chi connectivity index (χ2v) is 5.93. The highest BCUT2D eigenvalue weighted by atomic mass is 35.5. The minimum atomic E-state index is 0.398. The van der Waals surface area contributed by atoms with Gasteiger partial charge in [0.15, 0.2) is 5.82 Å². The molecule has 112 valence electrons. The minimum absolute atomic E-state index is 0.398. The number of benzene rings is 1. The van der Waals surface area contributed by atoms with Gasteiger partial charge in [0.05, 0.1) is 11.7 Å². The lowest BCUT2D eigenvalue weighted by Gasteiger charge is -2.34. The van der Waals surface area contributed by atoms with Crippen molar-refractivity contribution in [2.45, 2.75) is 32.3 Å². The van der Waals surface area contributed by atoms with Crippen molar-refractivity contribution in [3.63, 3.8) is 0 Å². The molecule has 0 atom stereocenters. The number of rotatable bonds is 5. The first kappa shape index (κ1) is 14.4. The highest BCUT2D eigenvalue weighted by Gasteiger charge is 2.32. The lowest BCUT2D eigenvalue weighted by Crippen LogP contribution is -2.32. The lowest BCUT2D eigenvalue weighted by atomic mass is 9.79. The van der Waals surface area contributed by atoms with Gasteiger partial charge in [-0.2, -0.15) is 0 Å². The number of anilines is 1. The van der Waals surface area contributed by atoms with Crippen molar-refractivity contribution >= 4 is 17.4 Å². The Kier molecular flexibility index (Phi) is 4.17. The average Bonchev–Trinajstić information content (AvgIpc) is 2.77. The molecule has 0 bridgehead atoms. The summed E-state index contributed by atoms with van der Waals surface area (Å²) in [6.45, 7) is 2.81. The molecule has 5 heteroatoms. The van der Waals surface area contributed by atoms with Crippen LogP contribution in [0, 0.1) is 5.92 Å². The molecule has 1 aliphatic carbocycles. The summed E-state index contributed by atoms with van der Waals surface area (Å²) < 4.78 is 11.0. The van der Waals surface area contributed by atoms with Crippen LogP contribution in [-0.4, -0.2) is 17.9 Å². The average molecular weight is 307 g/mol. The Bertz CT molecular complexity index is 620. The molecule has 1 heterocycles. The zero-order chi connectivity index (χ0) is 14.8. The van der Waals surface area contributed by atoms with E-state index >= 15 is 0 Å². The van der Waals surface area contributed by atoms with Crippen LogP contribution in [0.5, 0.6) is 0 Å². The molecule has 3 rings (SSSR count). The van der Waals surface area contributed by atoms with Crippen LogP contribution in [0.3, 0.4) is 0 Å². The fraction of sp³-hybridized carbons (Fsp3) is 0.438. The van der Waals surface area contributed by atoms with E-state index in [9.17, 15) is 0 Å². The van der Waals surface area contributed by atoms with E-state index in [0.29, 0.717) is 22.9 Å². The lowest BCUT2D eigenvalue weighted by molar-refractivity contribution is -0.0254. The quantitative estimate of drug-likeness (QED) is 0.909. The molecule has 0 radical (unpaired) electrons. The first-order chi connectivity index (χ1) is 10.2. The van der Waals surface area contributed by atoms with Crippen molar-refractivity contribution in [3.8, 4) is 11.1 Å². The summed E-state index contributed by atoms with van der Waals surface area (Å²) in [4.78, 5) is 0. The van der Waals surface area contributed by atoms with E-state index in [0.717, 1.165) is 42.8 Å². The van der Waals surface area contributed by atoms with Crippen LogP contribution >= 0.6 is 11.6 Å². The van der Waals surface area contributed by atoms with Gasteiger partial charge >= 0.3 is 0 Å². The molecule has 21 heavy (non-hydrogen) atoms. The van der Waals surface area contributed by atoms with E-state index < -0.39 is 0 Å². The Morgan fingerprint density at radius 2 is 2.24 bits per heavy atom. The highest BCUT2D eigenvalue weighted by molar-refractivity contribution is 6.30. The first-order valence-corrected chi connectivity index (χ1v) is 7.66. The summed E-state index contributed by atoms with van der Waals surface area (Å²) in [5.74, 6) is 1.84. The van der Waals surface area contributed by atoms with E-state index in [1.807, 2.05) is 31.2 Å². The first-order valence-electron chi connectivity index (χ1n) is 7.29. The van der Waals surface area contributed by atoms with Crippen LogP contribution in [0.2, 0.25) is 5.02 Å². The number of halogens is 1. The number of nitrogens with two attached hydrogens (primary N) is 1. The second-order valence-electron chi connectivity index (χ2n) is 5.50. The smallest absolute Gasteiger partial charge is 0.175 e. The van der Waals surface area contributed by atoms with Crippen LogP contribution in [-0.2, 0) is 11.2 Å². The van der Waals surface area contributed by atoms with Crippen molar-refractivity contribution in [2.75, 3.05) is 12.3 Å². The molecule has 4 nitrogen and oxygen atoms in total. The van der Waals surface area contributed by atoms with Gasteiger partial charge in [-0.1, -0.05) is 28.9 Å². The molecule has 1 aliphatic rings. The maximum absolute atomic E-state index is 6.06. The molecule has 1 aromatic carbocycles. The fourth-order valence-corrected chi connectivity index (χ4v) is 3.10. The van der Waals surface area contributed by atoms with Gasteiger partial charge in [0, 0.05) is 18.1 Å². The standard InChI is InChI=1S/C16H19ClN2O2/c1-2-20-13-6-10(7-13)8-14-15(16(18)19-21-14)11-4-3-5-12(17)9-11/h3-5,9-10,13H,2,6-8H2,1H3,(H2,18,19). The highest BCUT2D eigenvalue weighted by Crippen LogP contribution is 2.37. The summed E-state index contributed by atoms with van der Waals surface area (Å²) in [7, 11) is 0. The predicted octanol–water partition coefficient (Wildman–Crippen LogP) is 3.93. The third-order valence-electron chi connectivity index (χ3n) is 3.97. The third kappa shape index (κ3) is 3.06. The van der Waals surface area contributed by atoms with Gasteiger partial charge in [0.25, 0.3) is 0 Å². The predicted molar refractivity (Wildman–Crippen MR) is 83.2 cm³/mol. The summed E-state index contributed by atoms with van der Waals surface area (Å²) in [5, 5.41) is 4.60. The van der Waals surface area contributed by atoms with Gasteiger partial charge in [0.1, 0.15) is 5.76 Å². The third-order valence-corrected chi connectivity index (χ3v) is 4.21. The van der Waals surface area contributed by atoms with Gasteiger partial charge in [-0.25, -0.2) is 0 Å². The Morgan fingerprint density at radius 3 is 2.95 bits per heavy atom. The van der Waals surface area contributed by atoms with Crippen LogP contribution in [0.4, 0.5) is 5.82 Å². The number of aromatic nitrogens is 1. The van der Waals surface area contributed by atoms with Gasteiger partial charge < -0.3 is 15.0 Å². The van der Waals surface area contributed by atoms with Crippen molar-refractivity contribution in [2.24, 2.45) is 5.92 Å². The molecule has 0 unspecified atom stereocenters. The Morgan fingerprint density at radius 1 is 1.43 bits per heavy atom. The van der Waals surface area contributed by atoms with E-state index in [1.54, 1.807) is 0 Å². The van der Waals surface area contributed by atoms with Crippen LogP contribution < -0.4 is 5.73 Å². The summed E-state index contributed by atoms with van der Waals surface area (Å²) in [6, 6.07) is 7.61. The zero-order valence-corrected chi connectivity index (χ0v) is 12.8. The van der Waals surface area contributed by atoms with Crippen LogP contribution in [0.15, 0.2) is 28.8 Å². The van der Waals surface area contributed by atoms with Crippen molar-refractivity contribution < 1.29 is 9.26 Å². The van der Waals surface area contributed by atoms with Crippen LogP contribution in [0.1, 0.15) is 25.5 Å². The molecular weight excluding hydrogens is 288 g/mol. The van der Waals surface area contributed by atoms with E-state index in [-0.39, 0.29) is 0 Å². The maximum Gasteiger partial charge on any atom is 0.175 e. The fourth-order valence-electron chi connectivity index (χ4n) is 2.91. The van der Waals surface area contributed by atoms with E-state index in [2.05, 4.69) is 5.16 Å². The molecule has 1 aromatic heterocycles. The summed E-state index contributed by atoms with van der Waals surface area (Å²) in [6.07, 6.45) is 3.39. The molecule has 0 spiro atoms. The molecule has 2 N–H and O–H groups in total. The summed E-state index contributed by atoms with van der Waals surface area (Å²) >= 11 is 6.06. The number of hydrogen-bond donors (Lipinski definition) is 1. The maximum atomic E-state index is 6.06. The van der Waals surface area contributed by atoms with Crippen molar-refractivity contribution in [1.82, 2.24) is 5.16 Å². The second kappa shape index (κ2) is 6.08. The minimum Gasteiger partial charge on any atom is -0.380 e. The van der Waals surface area contributed by atoms with Crippen LogP contribution in [0.25, 0.3) is 11.1 Å². The molecule has 0 amide bonds. The SMILES string of the molecule is CCOC1CC(Cc2onc(N)c2-c2cccc(Cl)c2)C1.